The number of alkyl halides is 1. The summed E-state index contributed by atoms with van der Waals surface area (Å²) in [6, 6.07) is 0.229. The summed E-state index contributed by atoms with van der Waals surface area (Å²) in [7, 11) is -3.55. The second-order valence-electron chi connectivity index (χ2n) is 10.8. The lowest BCUT2D eigenvalue weighted by Crippen LogP contribution is -2.56. The summed E-state index contributed by atoms with van der Waals surface area (Å²) in [6.45, 7) is 4.22. The first-order chi connectivity index (χ1) is 13.7. The summed E-state index contributed by atoms with van der Waals surface area (Å²) in [5.74, 6) is 0.247. The fourth-order valence-corrected chi connectivity index (χ4v) is 10.9. The Kier molecular flexibility index (Phi) is 5.87. The minimum atomic E-state index is -3.55. The molecule has 3 atom stereocenters. The van der Waals surface area contributed by atoms with Crippen LogP contribution in [0.5, 0.6) is 0 Å². The molecule has 0 aliphatic heterocycles. The van der Waals surface area contributed by atoms with Gasteiger partial charge in [-0.05, 0) is 61.5 Å². The Morgan fingerprint density at radius 3 is 1.90 bits per heavy atom. The van der Waals surface area contributed by atoms with Gasteiger partial charge >= 0.3 is 0 Å². The van der Waals surface area contributed by atoms with Crippen molar-refractivity contribution < 1.29 is 8.42 Å². The molecule has 4 aliphatic rings. The van der Waals surface area contributed by atoms with Crippen molar-refractivity contribution in [3.8, 4) is 0 Å². The van der Waals surface area contributed by atoms with Gasteiger partial charge in [-0.2, -0.15) is 4.31 Å². The van der Waals surface area contributed by atoms with Gasteiger partial charge < -0.3 is 0 Å². The average Bonchev–Trinajstić information content (AvgIpc) is 3.02. The monoisotopic (exact) mass is 444 g/mol. The van der Waals surface area contributed by atoms with E-state index in [0.29, 0.717) is 12.8 Å². The fraction of sp³-hybridized carbons (Fsp3) is 1.00. The highest BCUT2D eigenvalue weighted by molar-refractivity contribution is 7.89. The molecule has 4 rings (SSSR count). The molecule has 5 nitrogen and oxygen atoms in total. The van der Waals surface area contributed by atoms with Crippen molar-refractivity contribution >= 4 is 21.6 Å². The number of fused-ring (bicyclic) bond motifs is 2. The molecule has 0 amide bonds. The molecule has 0 N–H and O–H groups in total. The largest absolute Gasteiger partial charge is 0.215 e. The van der Waals surface area contributed by atoms with Gasteiger partial charge in [0.05, 0.1) is 5.75 Å². The van der Waals surface area contributed by atoms with E-state index < -0.39 is 20.4 Å². The number of sulfonamides is 1. The minimum Gasteiger partial charge on any atom is -0.212 e. The van der Waals surface area contributed by atoms with E-state index in [2.05, 4.69) is 19.0 Å². The van der Waals surface area contributed by atoms with Gasteiger partial charge in [-0.25, -0.2) is 8.42 Å². The summed E-state index contributed by atoms with van der Waals surface area (Å²) in [5.41, 5.74) is -1.06. The summed E-state index contributed by atoms with van der Waals surface area (Å²) in [6.07, 6.45) is 12.8. The standard InChI is InChI=1S/C22H37ClN2O3S/c1-20(2)17-13-14-21(20,22(23,15-17)24-26)16-29(27,28)25(18-9-5-3-6-10-18)19-11-7-4-8-12-19/h17-19H,3-16H2,1-2H3/t17-,21+,22+/m1/s1. The zero-order valence-corrected chi connectivity index (χ0v) is 19.6. The molecule has 166 valence electrons. The summed E-state index contributed by atoms with van der Waals surface area (Å²) in [4.78, 5) is 10.6. The Morgan fingerprint density at radius 2 is 1.45 bits per heavy atom. The lowest BCUT2D eigenvalue weighted by molar-refractivity contribution is 0.115. The van der Waals surface area contributed by atoms with Crippen molar-refractivity contribution in [1.29, 1.82) is 0 Å². The Labute approximate surface area is 181 Å². The van der Waals surface area contributed by atoms with Crippen molar-refractivity contribution in [1.82, 2.24) is 4.31 Å². The van der Waals surface area contributed by atoms with Crippen LogP contribution in [0.25, 0.3) is 0 Å². The van der Waals surface area contributed by atoms with Crippen molar-refractivity contribution in [2.75, 3.05) is 5.75 Å². The van der Waals surface area contributed by atoms with E-state index in [-0.39, 0.29) is 29.2 Å². The van der Waals surface area contributed by atoms with Gasteiger partial charge in [0.15, 0.2) is 5.00 Å². The van der Waals surface area contributed by atoms with Crippen LogP contribution in [0.2, 0.25) is 0 Å². The topological polar surface area (TPSA) is 66.8 Å². The Bertz CT molecular complexity index is 712. The van der Waals surface area contributed by atoms with E-state index in [1.807, 2.05) is 4.31 Å². The molecule has 0 spiro atoms. The zero-order valence-electron chi connectivity index (χ0n) is 18.0. The number of rotatable bonds is 6. The van der Waals surface area contributed by atoms with Crippen LogP contribution < -0.4 is 0 Å². The number of nitroso groups, excluding NO2 is 1. The average molecular weight is 445 g/mol. The number of hydrogen-bond donors (Lipinski definition) is 0. The molecule has 0 saturated heterocycles. The first-order valence-corrected chi connectivity index (χ1v) is 13.7. The quantitative estimate of drug-likeness (QED) is 0.295. The third-order valence-electron chi connectivity index (χ3n) is 9.19. The lowest BCUT2D eigenvalue weighted by atomic mass is 9.69. The third-order valence-corrected chi connectivity index (χ3v) is 11.9. The highest BCUT2D eigenvalue weighted by Gasteiger charge is 2.73. The molecule has 0 heterocycles. The number of hydrogen-bond acceptors (Lipinski definition) is 4. The summed E-state index contributed by atoms with van der Waals surface area (Å²) >= 11 is 6.81. The molecule has 29 heavy (non-hydrogen) atoms. The van der Waals surface area contributed by atoms with Crippen LogP contribution in [-0.4, -0.2) is 35.6 Å². The van der Waals surface area contributed by atoms with E-state index in [4.69, 9.17) is 11.6 Å². The van der Waals surface area contributed by atoms with Crippen molar-refractivity contribution in [2.45, 2.75) is 114 Å². The summed E-state index contributed by atoms with van der Waals surface area (Å²) < 4.78 is 30.1. The highest BCUT2D eigenvalue weighted by Crippen LogP contribution is 2.72. The number of halogens is 1. The van der Waals surface area contributed by atoms with Crippen LogP contribution in [0, 0.1) is 21.7 Å². The molecule has 4 aliphatic carbocycles. The normalized spacial score (nSPS) is 38.6. The fourth-order valence-electron chi connectivity index (χ4n) is 7.36. The molecule has 0 aromatic heterocycles. The zero-order chi connectivity index (χ0) is 20.9. The second kappa shape index (κ2) is 7.74. The van der Waals surface area contributed by atoms with Crippen LogP contribution in [0.4, 0.5) is 0 Å². The first kappa shape index (κ1) is 22.0. The van der Waals surface area contributed by atoms with Crippen LogP contribution in [0.3, 0.4) is 0 Å². The van der Waals surface area contributed by atoms with Crippen LogP contribution in [-0.2, 0) is 10.0 Å². The van der Waals surface area contributed by atoms with E-state index in [1.54, 1.807) is 0 Å². The molecule has 0 aromatic carbocycles. The van der Waals surface area contributed by atoms with E-state index >= 15 is 0 Å². The third kappa shape index (κ3) is 3.40. The summed E-state index contributed by atoms with van der Waals surface area (Å²) in [5, 5.41) is 3.37. The van der Waals surface area contributed by atoms with E-state index in [9.17, 15) is 13.3 Å². The molecule has 4 fully saturated rings. The molecule has 0 radical (unpaired) electrons. The van der Waals surface area contributed by atoms with E-state index in [0.717, 1.165) is 57.8 Å². The lowest BCUT2D eigenvalue weighted by Gasteiger charge is -2.47. The van der Waals surface area contributed by atoms with Gasteiger partial charge in [0.1, 0.15) is 0 Å². The highest BCUT2D eigenvalue weighted by atomic mass is 35.5. The molecular formula is C22H37ClN2O3S. The smallest absolute Gasteiger partial charge is 0.212 e. The Morgan fingerprint density at radius 1 is 0.931 bits per heavy atom. The van der Waals surface area contributed by atoms with Crippen LogP contribution >= 0.6 is 11.6 Å². The Balaban J connectivity index is 1.69. The molecular weight excluding hydrogens is 408 g/mol. The van der Waals surface area contributed by atoms with Gasteiger partial charge in [-0.1, -0.05) is 64.0 Å². The maximum absolute atomic E-state index is 14.1. The molecule has 7 heteroatoms. The van der Waals surface area contributed by atoms with Crippen molar-refractivity contribution in [2.24, 2.45) is 21.9 Å². The maximum atomic E-state index is 14.1. The maximum Gasteiger partial charge on any atom is 0.215 e. The van der Waals surface area contributed by atoms with Gasteiger partial charge in [-0.15, -0.1) is 4.91 Å². The number of nitrogens with zero attached hydrogens (tertiary/aromatic N) is 2. The van der Waals surface area contributed by atoms with Crippen LogP contribution in [0.1, 0.15) is 97.3 Å². The van der Waals surface area contributed by atoms with Gasteiger partial charge in [0.25, 0.3) is 0 Å². The second-order valence-corrected chi connectivity index (χ2v) is 13.3. The van der Waals surface area contributed by atoms with Crippen LogP contribution in [0.15, 0.2) is 5.18 Å². The van der Waals surface area contributed by atoms with Gasteiger partial charge in [0.2, 0.25) is 10.0 Å². The first-order valence-electron chi connectivity index (χ1n) is 11.7. The minimum absolute atomic E-state index is 0.0221. The molecule has 0 unspecified atom stereocenters. The van der Waals surface area contributed by atoms with Gasteiger partial charge in [0, 0.05) is 17.5 Å². The molecule has 2 bridgehead atoms. The SMILES string of the molecule is CC1(C)[C@@H]2CC[C@@]1(CS(=O)(=O)N(C1CCCCC1)C1CCCCC1)[C@@](Cl)(N=O)C2. The van der Waals surface area contributed by atoms with Crippen molar-refractivity contribution in [3.05, 3.63) is 4.91 Å². The molecule has 4 saturated carbocycles. The molecule has 0 aromatic rings. The Hall–Kier alpha value is -0.200. The predicted octanol–water partition coefficient (Wildman–Crippen LogP) is 5.81. The van der Waals surface area contributed by atoms with E-state index in [1.165, 1.54) is 12.8 Å². The van der Waals surface area contributed by atoms with Crippen molar-refractivity contribution in [3.63, 3.8) is 0 Å². The van der Waals surface area contributed by atoms with Gasteiger partial charge in [-0.3, -0.25) is 0 Å². The predicted molar refractivity (Wildman–Crippen MR) is 117 cm³/mol.